The fourth-order valence-electron chi connectivity index (χ4n) is 3.24. The van der Waals surface area contributed by atoms with Gasteiger partial charge in [0.2, 0.25) is 10.0 Å². The first-order chi connectivity index (χ1) is 12.4. The van der Waals surface area contributed by atoms with E-state index >= 15 is 0 Å². The number of aryl methyl sites for hydroxylation is 1. The van der Waals surface area contributed by atoms with Crippen LogP contribution in [-0.4, -0.2) is 34.6 Å². The molecule has 1 atom stereocenters. The van der Waals surface area contributed by atoms with Gasteiger partial charge < -0.3 is 10.1 Å². The number of carbonyl (C=O) groups excluding carboxylic acids is 1. The number of hydrogen-bond acceptors (Lipinski definition) is 5. The van der Waals surface area contributed by atoms with Crippen molar-refractivity contribution in [3.63, 3.8) is 0 Å². The van der Waals surface area contributed by atoms with Gasteiger partial charge in [0.25, 0.3) is 0 Å². The average Bonchev–Trinajstić information content (AvgIpc) is 2.65. The van der Waals surface area contributed by atoms with E-state index in [2.05, 4.69) is 20.8 Å². The van der Waals surface area contributed by atoms with E-state index in [1.54, 1.807) is 6.92 Å². The van der Waals surface area contributed by atoms with E-state index in [1.165, 1.54) is 30.9 Å². The van der Waals surface area contributed by atoms with Crippen LogP contribution >= 0.6 is 0 Å². The highest BCUT2D eigenvalue weighted by Gasteiger charge is 2.23. The van der Waals surface area contributed by atoms with E-state index in [1.807, 2.05) is 18.2 Å². The van der Waals surface area contributed by atoms with Gasteiger partial charge in [0.15, 0.2) is 0 Å². The minimum atomic E-state index is -3.68. The maximum absolute atomic E-state index is 12.7. The first-order valence-corrected chi connectivity index (χ1v) is 9.90. The van der Waals surface area contributed by atoms with E-state index in [-0.39, 0.29) is 17.5 Å². The van der Waals surface area contributed by atoms with Crippen LogP contribution in [0.4, 0.5) is 0 Å². The van der Waals surface area contributed by atoms with Gasteiger partial charge in [-0.15, -0.1) is 0 Å². The van der Waals surface area contributed by atoms with Gasteiger partial charge >= 0.3 is 5.97 Å². The summed E-state index contributed by atoms with van der Waals surface area (Å²) in [6, 6.07) is 12.4. The molecule has 0 aliphatic carbocycles. The van der Waals surface area contributed by atoms with Crippen molar-refractivity contribution in [1.82, 2.24) is 10.0 Å². The Labute approximate surface area is 153 Å². The Bertz CT molecular complexity index is 925. The van der Waals surface area contributed by atoms with Crippen molar-refractivity contribution in [2.24, 2.45) is 0 Å². The fourth-order valence-corrected chi connectivity index (χ4v) is 4.51. The van der Waals surface area contributed by atoms with Crippen molar-refractivity contribution in [3.05, 3.63) is 64.7 Å². The molecule has 0 bridgehead atoms. The number of carbonyl (C=O) groups is 1. The molecule has 0 saturated heterocycles. The lowest BCUT2D eigenvalue weighted by Gasteiger charge is -2.27. The van der Waals surface area contributed by atoms with Crippen molar-refractivity contribution >= 4 is 16.0 Å². The summed E-state index contributed by atoms with van der Waals surface area (Å²) in [5, 5.41) is 3.36. The Balaban J connectivity index is 1.77. The second-order valence-electron chi connectivity index (χ2n) is 6.28. The third-order valence-electron chi connectivity index (χ3n) is 4.58. The van der Waals surface area contributed by atoms with Crippen LogP contribution in [0.5, 0.6) is 0 Å². The van der Waals surface area contributed by atoms with Crippen LogP contribution in [0.25, 0.3) is 0 Å². The summed E-state index contributed by atoms with van der Waals surface area (Å²) in [5.74, 6) is -0.493. The van der Waals surface area contributed by atoms with Crippen LogP contribution in [0.3, 0.4) is 0 Å². The van der Waals surface area contributed by atoms with Crippen molar-refractivity contribution in [2.45, 2.75) is 24.3 Å². The Kier molecular flexibility index (Phi) is 5.41. The molecule has 0 radical (unpaired) electrons. The van der Waals surface area contributed by atoms with E-state index in [0.717, 1.165) is 18.5 Å². The van der Waals surface area contributed by atoms with Gasteiger partial charge in [-0.3, -0.25) is 0 Å². The van der Waals surface area contributed by atoms with Gasteiger partial charge in [-0.1, -0.05) is 24.3 Å². The van der Waals surface area contributed by atoms with Gasteiger partial charge in [-0.05, 0) is 54.8 Å². The van der Waals surface area contributed by atoms with Gasteiger partial charge in [0.1, 0.15) is 0 Å². The Hall–Kier alpha value is -2.22. The summed E-state index contributed by atoms with van der Waals surface area (Å²) in [6.07, 6.45) is 0.938. The molecule has 7 heteroatoms. The van der Waals surface area contributed by atoms with E-state index in [9.17, 15) is 13.2 Å². The molecular formula is C19H22N2O4S. The number of benzene rings is 2. The number of rotatable bonds is 5. The highest BCUT2D eigenvalue weighted by Crippen LogP contribution is 2.23. The largest absolute Gasteiger partial charge is 0.465 e. The number of hydrogen-bond donors (Lipinski definition) is 2. The zero-order valence-corrected chi connectivity index (χ0v) is 15.6. The molecule has 6 nitrogen and oxygen atoms in total. The molecule has 26 heavy (non-hydrogen) atoms. The molecule has 0 amide bonds. The van der Waals surface area contributed by atoms with Crippen LogP contribution in [0.1, 0.15) is 33.1 Å². The Morgan fingerprint density at radius 2 is 2.04 bits per heavy atom. The van der Waals surface area contributed by atoms with Crippen molar-refractivity contribution in [1.29, 1.82) is 0 Å². The van der Waals surface area contributed by atoms with Crippen molar-refractivity contribution < 1.29 is 17.9 Å². The second-order valence-corrected chi connectivity index (χ2v) is 8.01. The molecule has 2 aromatic carbocycles. The van der Waals surface area contributed by atoms with Gasteiger partial charge in [-0.2, -0.15) is 0 Å². The average molecular weight is 374 g/mol. The minimum Gasteiger partial charge on any atom is -0.465 e. The zero-order chi connectivity index (χ0) is 18.7. The summed E-state index contributed by atoms with van der Waals surface area (Å²) in [7, 11) is -2.39. The summed E-state index contributed by atoms with van der Waals surface area (Å²) in [5.41, 5.74) is 3.19. The zero-order valence-electron chi connectivity index (χ0n) is 14.8. The van der Waals surface area contributed by atoms with Crippen LogP contribution in [-0.2, 0) is 21.2 Å². The Morgan fingerprint density at radius 3 is 2.77 bits per heavy atom. The first-order valence-electron chi connectivity index (χ1n) is 8.42. The van der Waals surface area contributed by atoms with Crippen LogP contribution in [0, 0.1) is 6.92 Å². The molecule has 1 heterocycles. The molecule has 1 aliphatic heterocycles. The number of methoxy groups -OCH3 is 1. The lowest BCUT2D eigenvalue weighted by atomic mass is 9.95. The molecule has 0 spiro atoms. The summed E-state index contributed by atoms with van der Waals surface area (Å²) < 4.78 is 32.8. The maximum atomic E-state index is 12.7. The summed E-state index contributed by atoms with van der Waals surface area (Å²) in [4.78, 5) is 11.7. The predicted molar refractivity (Wildman–Crippen MR) is 98.6 cm³/mol. The van der Waals surface area contributed by atoms with Gasteiger partial charge in [0, 0.05) is 12.6 Å². The van der Waals surface area contributed by atoms with Crippen molar-refractivity contribution in [2.75, 3.05) is 20.2 Å². The second kappa shape index (κ2) is 7.57. The Morgan fingerprint density at radius 1 is 1.27 bits per heavy atom. The van der Waals surface area contributed by atoms with Gasteiger partial charge in [-0.25, -0.2) is 17.9 Å². The quantitative estimate of drug-likeness (QED) is 0.782. The highest BCUT2D eigenvalue weighted by molar-refractivity contribution is 7.89. The topological polar surface area (TPSA) is 84.5 Å². The first kappa shape index (κ1) is 18.6. The molecule has 2 aromatic rings. The van der Waals surface area contributed by atoms with Crippen LogP contribution < -0.4 is 10.0 Å². The van der Waals surface area contributed by atoms with Crippen LogP contribution in [0.15, 0.2) is 47.4 Å². The van der Waals surface area contributed by atoms with E-state index in [0.29, 0.717) is 11.1 Å². The third kappa shape index (κ3) is 3.80. The normalized spacial score (nSPS) is 16.8. The molecule has 0 aromatic heterocycles. The lowest BCUT2D eigenvalue weighted by Crippen LogP contribution is -2.39. The lowest BCUT2D eigenvalue weighted by molar-refractivity contribution is 0.0600. The standard InChI is InChI=1S/C19H22N2O4S/c1-13-11-15(19(22)25-2)7-8-18(13)26(23,24)21-12-17-16-6-4-3-5-14(16)9-10-20-17/h3-8,11,17,20-21H,9-10,12H2,1-2H3. The monoisotopic (exact) mass is 374 g/mol. The predicted octanol–water partition coefficient (Wildman–Crippen LogP) is 1.95. The molecule has 1 aliphatic rings. The van der Waals surface area contributed by atoms with Crippen LogP contribution in [0.2, 0.25) is 0 Å². The van der Waals surface area contributed by atoms with E-state index < -0.39 is 16.0 Å². The molecule has 138 valence electrons. The third-order valence-corrected chi connectivity index (χ3v) is 6.16. The molecular weight excluding hydrogens is 352 g/mol. The van der Waals surface area contributed by atoms with Crippen molar-refractivity contribution in [3.8, 4) is 0 Å². The molecule has 2 N–H and O–H groups in total. The summed E-state index contributed by atoms with van der Waals surface area (Å²) >= 11 is 0. The number of nitrogens with one attached hydrogen (secondary N) is 2. The highest BCUT2D eigenvalue weighted by atomic mass is 32.2. The number of sulfonamides is 1. The maximum Gasteiger partial charge on any atom is 0.337 e. The number of fused-ring (bicyclic) bond motifs is 1. The smallest absolute Gasteiger partial charge is 0.337 e. The SMILES string of the molecule is COC(=O)c1ccc(S(=O)(=O)NCC2NCCc3ccccc32)c(C)c1. The summed E-state index contributed by atoms with van der Waals surface area (Å²) in [6.45, 7) is 2.74. The number of ether oxygens (including phenoxy) is 1. The molecule has 3 rings (SSSR count). The fraction of sp³-hybridized carbons (Fsp3) is 0.316. The molecule has 1 unspecified atom stereocenters. The number of esters is 1. The minimum absolute atomic E-state index is 0.0654. The van der Waals surface area contributed by atoms with Gasteiger partial charge in [0.05, 0.1) is 17.6 Å². The van der Waals surface area contributed by atoms with E-state index in [4.69, 9.17) is 0 Å². The molecule has 0 saturated carbocycles. The molecule has 0 fully saturated rings.